The molecule has 1 heterocycles. The molecule has 1 saturated carbocycles. The third kappa shape index (κ3) is 1.52. The van der Waals surface area contributed by atoms with Crippen LogP contribution in [-0.2, 0) is 0 Å². The summed E-state index contributed by atoms with van der Waals surface area (Å²) in [4.78, 5) is 0. The predicted octanol–water partition coefficient (Wildman–Crippen LogP) is 2.38. The zero-order valence-corrected chi connectivity index (χ0v) is 7.89. The molecule has 0 spiro atoms. The normalized spacial score (nSPS) is 42.2. The Labute approximate surface area is 75.9 Å². The summed E-state index contributed by atoms with van der Waals surface area (Å²) in [6.07, 6.45) is 8.38. The molecule has 1 saturated heterocycles. The molecule has 0 amide bonds. The van der Waals surface area contributed by atoms with Crippen LogP contribution in [0.3, 0.4) is 0 Å². The molecule has 2 aliphatic rings. The van der Waals surface area contributed by atoms with Crippen molar-refractivity contribution in [3.8, 4) is 0 Å². The summed E-state index contributed by atoms with van der Waals surface area (Å²) >= 11 is 0. The first-order valence-electron chi connectivity index (χ1n) is 5.44. The highest BCUT2D eigenvalue weighted by Gasteiger charge is 2.33. The van der Waals surface area contributed by atoms with Gasteiger partial charge in [-0.05, 0) is 37.6 Å². The van der Waals surface area contributed by atoms with E-state index in [-0.39, 0.29) is 0 Å². The maximum Gasteiger partial charge on any atom is 0.00979 e. The Hall–Kier alpha value is -0.0400. The Morgan fingerprint density at radius 2 is 2.00 bits per heavy atom. The lowest BCUT2D eigenvalue weighted by Gasteiger charge is -2.41. The quantitative estimate of drug-likeness (QED) is 0.630. The summed E-state index contributed by atoms with van der Waals surface area (Å²) in [7, 11) is 0. The molecule has 1 radical (unpaired) electrons. The molecule has 0 bridgehead atoms. The van der Waals surface area contributed by atoms with Crippen molar-refractivity contribution in [2.24, 2.45) is 11.8 Å². The van der Waals surface area contributed by atoms with E-state index in [0.717, 1.165) is 24.3 Å². The SMILES string of the molecule is [CH2]CC1NCCC2CCCCC21. The first-order chi connectivity index (χ1) is 5.92. The van der Waals surface area contributed by atoms with Crippen molar-refractivity contribution in [3.63, 3.8) is 0 Å². The van der Waals surface area contributed by atoms with Crippen LogP contribution < -0.4 is 5.32 Å². The van der Waals surface area contributed by atoms with Gasteiger partial charge in [0.1, 0.15) is 0 Å². The molecular weight excluding hydrogens is 146 g/mol. The van der Waals surface area contributed by atoms with Crippen molar-refractivity contribution in [2.75, 3.05) is 6.54 Å². The molecule has 2 fully saturated rings. The average Bonchev–Trinajstić information content (AvgIpc) is 2.17. The second-order valence-electron chi connectivity index (χ2n) is 4.35. The minimum atomic E-state index is 0.740. The van der Waals surface area contributed by atoms with Gasteiger partial charge in [-0.3, -0.25) is 0 Å². The average molecular weight is 166 g/mol. The van der Waals surface area contributed by atoms with Crippen LogP contribution in [-0.4, -0.2) is 12.6 Å². The maximum absolute atomic E-state index is 4.04. The van der Waals surface area contributed by atoms with Gasteiger partial charge in [0.15, 0.2) is 0 Å². The highest BCUT2D eigenvalue weighted by molar-refractivity contribution is 4.89. The van der Waals surface area contributed by atoms with Crippen LogP contribution in [0.15, 0.2) is 0 Å². The van der Waals surface area contributed by atoms with Crippen molar-refractivity contribution >= 4 is 0 Å². The lowest BCUT2D eigenvalue weighted by molar-refractivity contribution is 0.134. The fraction of sp³-hybridized carbons (Fsp3) is 0.909. The second-order valence-corrected chi connectivity index (χ2v) is 4.35. The highest BCUT2D eigenvalue weighted by atomic mass is 14.9. The van der Waals surface area contributed by atoms with Crippen molar-refractivity contribution in [1.29, 1.82) is 0 Å². The summed E-state index contributed by atoms with van der Waals surface area (Å²) in [6, 6.07) is 0.740. The number of piperidine rings is 1. The lowest BCUT2D eigenvalue weighted by atomic mass is 9.71. The molecule has 3 atom stereocenters. The molecule has 1 heteroatoms. The topological polar surface area (TPSA) is 12.0 Å². The number of hydrogen-bond donors (Lipinski definition) is 1. The maximum atomic E-state index is 4.04. The number of fused-ring (bicyclic) bond motifs is 1. The number of rotatable bonds is 1. The Morgan fingerprint density at radius 3 is 2.83 bits per heavy atom. The minimum absolute atomic E-state index is 0.740. The van der Waals surface area contributed by atoms with Crippen LogP contribution in [0.2, 0.25) is 0 Å². The van der Waals surface area contributed by atoms with Crippen molar-refractivity contribution in [1.82, 2.24) is 5.32 Å². The van der Waals surface area contributed by atoms with E-state index < -0.39 is 0 Å². The molecule has 12 heavy (non-hydrogen) atoms. The molecule has 1 nitrogen and oxygen atoms in total. The summed E-state index contributed by atoms with van der Waals surface area (Å²) in [5.74, 6) is 2.00. The molecule has 2 rings (SSSR count). The summed E-state index contributed by atoms with van der Waals surface area (Å²) in [6.45, 7) is 5.28. The van der Waals surface area contributed by atoms with E-state index in [1.165, 1.54) is 38.6 Å². The van der Waals surface area contributed by atoms with E-state index >= 15 is 0 Å². The van der Waals surface area contributed by atoms with Crippen molar-refractivity contribution < 1.29 is 0 Å². The molecular formula is C11H20N. The van der Waals surface area contributed by atoms with Crippen LogP contribution in [0, 0.1) is 18.8 Å². The number of nitrogens with one attached hydrogen (secondary N) is 1. The molecule has 1 aliphatic carbocycles. The third-order valence-electron chi connectivity index (χ3n) is 3.72. The van der Waals surface area contributed by atoms with E-state index in [1.807, 2.05) is 0 Å². The van der Waals surface area contributed by atoms with E-state index in [4.69, 9.17) is 0 Å². The zero-order chi connectivity index (χ0) is 8.39. The van der Waals surface area contributed by atoms with Crippen molar-refractivity contribution in [3.05, 3.63) is 6.92 Å². The minimum Gasteiger partial charge on any atom is -0.314 e. The zero-order valence-electron chi connectivity index (χ0n) is 7.89. The van der Waals surface area contributed by atoms with Crippen LogP contribution in [0.5, 0.6) is 0 Å². The van der Waals surface area contributed by atoms with E-state index in [9.17, 15) is 0 Å². The largest absolute Gasteiger partial charge is 0.314 e. The fourth-order valence-corrected chi connectivity index (χ4v) is 3.05. The van der Waals surface area contributed by atoms with Gasteiger partial charge in [0, 0.05) is 6.04 Å². The molecule has 0 aromatic heterocycles. The highest BCUT2D eigenvalue weighted by Crippen LogP contribution is 2.37. The molecule has 69 valence electrons. The summed E-state index contributed by atoms with van der Waals surface area (Å²) in [5, 5.41) is 3.61. The van der Waals surface area contributed by atoms with Gasteiger partial charge >= 0.3 is 0 Å². The lowest BCUT2D eigenvalue weighted by Crippen LogP contribution is -2.46. The van der Waals surface area contributed by atoms with Gasteiger partial charge in [-0.25, -0.2) is 0 Å². The van der Waals surface area contributed by atoms with Gasteiger partial charge in [0.05, 0.1) is 0 Å². The molecule has 3 unspecified atom stereocenters. The number of hydrogen-bond acceptors (Lipinski definition) is 1. The van der Waals surface area contributed by atoms with E-state index in [1.54, 1.807) is 0 Å². The summed E-state index contributed by atoms with van der Waals surface area (Å²) < 4.78 is 0. The van der Waals surface area contributed by atoms with E-state index in [0.29, 0.717) is 0 Å². The first-order valence-corrected chi connectivity index (χ1v) is 5.44. The Balaban J connectivity index is 1.99. The second kappa shape index (κ2) is 3.78. The standard InChI is InChI=1S/C11H20N/c1-2-11-10-6-4-3-5-9(10)7-8-12-11/h9-12H,1-8H2. The predicted molar refractivity (Wildman–Crippen MR) is 51.8 cm³/mol. The Morgan fingerprint density at radius 1 is 1.17 bits per heavy atom. The van der Waals surface area contributed by atoms with Gasteiger partial charge in [-0.2, -0.15) is 0 Å². The van der Waals surface area contributed by atoms with Crippen LogP contribution in [0.4, 0.5) is 0 Å². The smallest absolute Gasteiger partial charge is 0.00979 e. The molecule has 1 aliphatic heterocycles. The van der Waals surface area contributed by atoms with Crippen LogP contribution >= 0.6 is 0 Å². The molecule has 0 aromatic rings. The van der Waals surface area contributed by atoms with Gasteiger partial charge in [0.2, 0.25) is 0 Å². The van der Waals surface area contributed by atoms with Gasteiger partial charge in [0.25, 0.3) is 0 Å². The molecule has 1 N–H and O–H groups in total. The molecule has 0 aromatic carbocycles. The van der Waals surface area contributed by atoms with Gasteiger partial charge in [-0.1, -0.05) is 26.2 Å². The van der Waals surface area contributed by atoms with Crippen molar-refractivity contribution in [2.45, 2.75) is 44.6 Å². The fourth-order valence-electron chi connectivity index (χ4n) is 3.05. The van der Waals surface area contributed by atoms with Crippen LogP contribution in [0.1, 0.15) is 38.5 Å². The third-order valence-corrected chi connectivity index (χ3v) is 3.72. The van der Waals surface area contributed by atoms with Crippen LogP contribution in [0.25, 0.3) is 0 Å². The first kappa shape index (κ1) is 8.55. The summed E-state index contributed by atoms with van der Waals surface area (Å²) in [5.41, 5.74) is 0. The monoisotopic (exact) mass is 166 g/mol. The van der Waals surface area contributed by atoms with Gasteiger partial charge < -0.3 is 5.32 Å². The van der Waals surface area contributed by atoms with Gasteiger partial charge in [-0.15, -0.1) is 0 Å². The van der Waals surface area contributed by atoms with E-state index in [2.05, 4.69) is 12.2 Å². The Kier molecular flexibility index (Phi) is 2.69. The Bertz CT molecular complexity index is 135.